The Hall–Kier alpha value is -3.66. The zero-order chi connectivity index (χ0) is 23.1. The number of nitrogens with two attached hydrogens (primary N) is 1. The number of anilines is 1. The zero-order valence-corrected chi connectivity index (χ0v) is 17.9. The maximum Gasteiger partial charge on any atom is 0.168 e. The monoisotopic (exact) mass is 445 g/mol. The Morgan fingerprint density at radius 3 is 2.33 bits per heavy atom. The minimum atomic E-state index is -0.801. The average Bonchev–Trinajstić information content (AvgIpc) is 3.40. The van der Waals surface area contributed by atoms with Crippen LogP contribution < -0.4 is 5.73 Å². The second-order valence-corrected chi connectivity index (χ2v) is 8.06. The highest BCUT2D eigenvalue weighted by Crippen LogP contribution is 2.36. The van der Waals surface area contributed by atoms with E-state index < -0.39 is 18.4 Å². The van der Waals surface area contributed by atoms with Crippen LogP contribution in [0.15, 0.2) is 54.9 Å². The second-order valence-electron chi connectivity index (χ2n) is 8.06. The van der Waals surface area contributed by atoms with Crippen molar-refractivity contribution in [1.82, 2.24) is 19.5 Å². The zero-order valence-electron chi connectivity index (χ0n) is 17.9. The van der Waals surface area contributed by atoms with Gasteiger partial charge in [0.1, 0.15) is 24.5 Å². The maximum atomic E-state index is 11.5. The van der Waals surface area contributed by atoms with Crippen molar-refractivity contribution < 1.29 is 19.7 Å². The summed E-state index contributed by atoms with van der Waals surface area (Å²) in [6, 6.07) is 15.3. The minimum Gasteiger partial charge on any atom is -0.394 e. The molecule has 1 saturated heterocycles. The summed E-state index contributed by atoms with van der Waals surface area (Å²) in [6.07, 6.45) is -0.397. The molecule has 0 aliphatic carbocycles. The number of carbonyl (C=O) groups is 1. The number of nitrogens with zero attached hydrogens (tertiary/aromatic N) is 4. The van der Waals surface area contributed by atoms with E-state index in [9.17, 15) is 15.0 Å². The number of ketones is 1. The van der Waals surface area contributed by atoms with Crippen molar-refractivity contribution in [2.75, 3.05) is 12.3 Å². The van der Waals surface area contributed by atoms with E-state index >= 15 is 0 Å². The highest BCUT2D eigenvalue weighted by Gasteiger charge is 2.37. The molecule has 1 aliphatic rings. The Labute approximate surface area is 189 Å². The smallest absolute Gasteiger partial charge is 0.168 e. The lowest BCUT2D eigenvalue weighted by molar-refractivity contribution is -0.0426. The molecule has 3 heterocycles. The summed E-state index contributed by atoms with van der Waals surface area (Å²) in [7, 11) is 0. The number of aliphatic hydroxyl groups is 2. The first-order valence-electron chi connectivity index (χ1n) is 10.6. The Kier molecular flexibility index (Phi) is 5.37. The molecule has 2 aromatic heterocycles. The van der Waals surface area contributed by atoms with E-state index in [4.69, 9.17) is 10.5 Å². The molecule has 0 unspecified atom stereocenters. The molecule has 2 aromatic carbocycles. The van der Waals surface area contributed by atoms with Crippen molar-refractivity contribution in [3.8, 4) is 22.5 Å². The van der Waals surface area contributed by atoms with E-state index in [1.54, 1.807) is 11.5 Å². The van der Waals surface area contributed by atoms with Crippen LogP contribution in [0.25, 0.3) is 33.7 Å². The van der Waals surface area contributed by atoms with Crippen molar-refractivity contribution in [3.63, 3.8) is 0 Å². The number of carbonyl (C=O) groups excluding carboxylic acids is 1. The van der Waals surface area contributed by atoms with E-state index in [1.165, 1.54) is 6.33 Å². The van der Waals surface area contributed by atoms with Gasteiger partial charge in [-0.1, -0.05) is 48.5 Å². The Morgan fingerprint density at radius 1 is 1.09 bits per heavy atom. The van der Waals surface area contributed by atoms with Crippen LogP contribution in [-0.2, 0) is 4.74 Å². The number of ether oxygens (including phenoxy) is 1. The van der Waals surface area contributed by atoms with Gasteiger partial charge >= 0.3 is 0 Å². The number of aliphatic hydroxyl groups excluding tert-OH is 2. The van der Waals surface area contributed by atoms with E-state index in [1.807, 2.05) is 48.5 Å². The minimum absolute atomic E-state index is 0.0286. The molecule has 0 amide bonds. The summed E-state index contributed by atoms with van der Waals surface area (Å²) < 4.78 is 7.69. The highest BCUT2D eigenvalue weighted by atomic mass is 16.5. The third kappa shape index (κ3) is 3.76. The first-order valence-corrected chi connectivity index (χ1v) is 10.6. The third-order valence-corrected chi connectivity index (χ3v) is 5.95. The van der Waals surface area contributed by atoms with Crippen molar-refractivity contribution >= 4 is 22.8 Å². The van der Waals surface area contributed by atoms with Crippen molar-refractivity contribution in [2.24, 2.45) is 0 Å². The van der Waals surface area contributed by atoms with Crippen LogP contribution in [0.2, 0.25) is 0 Å². The molecule has 0 saturated carbocycles. The number of aromatic nitrogens is 4. The molecule has 3 atom stereocenters. The van der Waals surface area contributed by atoms with Crippen LogP contribution in [0.3, 0.4) is 0 Å². The quantitative estimate of drug-likeness (QED) is 0.399. The van der Waals surface area contributed by atoms with Gasteiger partial charge in [0.15, 0.2) is 22.8 Å². The van der Waals surface area contributed by atoms with Gasteiger partial charge in [0, 0.05) is 17.5 Å². The van der Waals surface area contributed by atoms with Crippen LogP contribution >= 0.6 is 0 Å². The average molecular weight is 445 g/mol. The van der Waals surface area contributed by atoms with Gasteiger partial charge in [-0.15, -0.1) is 0 Å². The van der Waals surface area contributed by atoms with Crippen LogP contribution in [-0.4, -0.2) is 54.3 Å². The molecule has 4 aromatic rings. The van der Waals surface area contributed by atoms with Gasteiger partial charge in [-0.3, -0.25) is 9.36 Å². The molecule has 0 bridgehead atoms. The van der Waals surface area contributed by atoms with Gasteiger partial charge in [0.05, 0.1) is 12.7 Å². The number of hydrogen-bond acceptors (Lipinski definition) is 8. The van der Waals surface area contributed by atoms with E-state index in [-0.39, 0.29) is 24.6 Å². The van der Waals surface area contributed by atoms with Gasteiger partial charge in [-0.05, 0) is 18.1 Å². The summed E-state index contributed by atoms with van der Waals surface area (Å²) in [5.41, 5.74) is 10.4. The number of benzene rings is 2. The van der Waals surface area contributed by atoms with Gasteiger partial charge in [-0.2, -0.15) is 0 Å². The predicted octanol–water partition coefficient (Wildman–Crippen LogP) is 2.59. The number of hydrogen-bond donors (Lipinski definition) is 3. The Morgan fingerprint density at radius 2 is 1.73 bits per heavy atom. The third-order valence-electron chi connectivity index (χ3n) is 5.95. The van der Waals surface area contributed by atoms with Crippen molar-refractivity contribution in [3.05, 3.63) is 60.4 Å². The molecule has 168 valence electrons. The summed E-state index contributed by atoms with van der Waals surface area (Å²) in [6.45, 7) is 1.26. The van der Waals surface area contributed by atoms with Crippen LogP contribution in [0.5, 0.6) is 0 Å². The molecule has 9 nitrogen and oxygen atoms in total. The van der Waals surface area contributed by atoms with Gasteiger partial charge in [-0.25, -0.2) is 15.0 Å². The fourth-order valence-electron chi connectivity index (χ4n) is 4.15. The van der Waals surface area contributed by atoms with E-state index in [2.05, 4.69) is 15.0 Å². The molecule has 0 radical (unpaired) electrons. The number of imidazole rings is 1. The van der Waals surface area contributed by atoms with E-state index in [0.717, 1.165) is 16.7 Å². The topological polar surface area (TPSA) is 136 Å². The normalized spacial score (nSPS) is 20.4. The highest BCUT2D eigenvalue weighted by molar-refractivity contribution is 5.94. The van der Waals surface area contributed by atoms with Gasteiger partial charge in [0.25, 0.3) is 0 Å². The van der Waals surface area contributed by atoms with Crippen LogP contribution in [0.1, 0.15) is 29.9 Å². The van der Waals surface area contributed by atoms with E-state index in [0.29, 0.717) is 22.6 Å². The molecule has 9 heteroatoms. The molecule has 0 spiro atoms. The van der Waals surface area contributed by atoms with Crippen LogP contribution in [0, 0.1) is 0 Å². The molecule has 4 N–H and O–H groups in total. The summed E-state index contributed by atoms with van der Waals surface area (Å²) in [4.78, 5) is 24.6. The molecule has 5 rings (SSSR count). The number of nitrogen functional groups attached to an aromatic ring is 1. The van der Waals surface area contributed by atoms with Gasteiger partial charge < -0.3 is 20.7 Å². The number of rotatable bonds is 5. The predicted molar refractivity (Wildman–Crippen MR) is 122 cm³/mol. The van der Waals surface area contributed by atoms with Crippen LogP contribution in [0.4, 0.5) is 5.82 Å². The summed E-state index contributed by atoms with van der Waals surface area (Å²) in [5.74, 6) is 0.853. The fourth-order valence-corrected chi connectivity index (χ4v) is 4.15. The maximum absolute atomic E-state index is 11.5. The first-order chi connectivity index (χ1) is 16.0. The van der Waals surface area contributed by atoms with Crippen molar-refractivity contribution in [2.45, 2.75) is 31.8 Å². The molecule has 33 heavy (non-hydrogen) atoms. The second kappa shape index (κ2) is 8.36. The Bertz CT molecular complexity index is 1320. The molecule has 1 aliphatic heterocycles. The Balaban J connectivity index is 1.55. The summed E-state index contributed by atoms with van der Waals surface area (Å²) in [5, 5.41) is 19.8. The standard InChI is InChI=1S/C24H23N5O4/c1-13(31)14-2-4-15(5-3-14)16-6-8-17(9-7-16)23-28-21-22(25)26-12-27-24(21)29(23)20-10-18(32)19(11-30)33-20/h2-9,12,18-20,30,32H,10-11H2,1H3,(H2,25,26,27)/t18-,19+,20+/m0/s1. The van der Waals surface area contributed by atoms with Crippen molar-refractivity contribution in [1.29, 1.82) is 0 Å². The fraction of sp³-hybridized carbons (Fsp3) is 0.250. The first kappa shape index (κ1) is 21.2. The van der Waals surface area contributed by atoms with Gasteiger partial charge in [0.2, 0.25) is 0 Å². The SMILES string of the molecule is CC(=O)c1ccc(-c2ccc(-c3nc4c(N)ncnc4n3[C@H]3C[C@H](O)[C@@H](CO)O3)cc2)cc1. The molecule has 1 fully saturated rings. The number of fused-ring (bicyclic) bond motifs is 1. The molecular weight excluding hydrogens is 422 g/mol. The number of Topliss-reactive ketones (excluding diaryl/α,β-unsaturated/α-hetero) is 1. The molecular formula is C24H23N5O4. The lowest BCUT2D eigenvalue weighted by atomic mass is 10.0. The summed E-state index contributed by atoms with van der Waals surface area (Å²) >= 11 is 0. The lowest BCUT2D eigenvalue weighted by Crippen LogP contribution is -2.24. The largest absolute Gasteiger partial charge is 0.394 e. The lowest BCUT2D eigenvalue weighted by Gasteiger charge is -2.17.